The second-order valence-electron chi connectivity index (χ2n) is 4.58. The summed E-state index contributed by atoms with van der Waals surface area (Å²) in [5, 5.41) is 10.4. The first-order valence-corrected chi connectivity index (χ1v) is 7.29. The van der Waals surface area contributed by atoms with Crippen molar-refractivity contribution in [1.29, 1.82) is 0 Å². The van der Waals surface area contributed by atoms with E-state index in [0.717, 1.165) is 0 Å². The number of carbonyl (C=O) groups is 1. The lowest BCUT2D eigenvalue weighted by Gasteiger charge is -2.15. The van der Waals surface area contributed by atoms with Gasteiger partial charge in [0.15, 0.2) is 5.43 Å². The fraction of sp³-hybridized carbons (Fsp3) is 0.0667. The Balaban J connectivity index is 2.63. The van der Waals surface area contributed by atoms with Gasteiger partial charge >= 0.3 is 5.97 Å². The van der Waals surface area contributed by atoms with Crippen LogP contribution in [0.25, 0.3) is 21.8 Å². The van der Waals surface area contributed by atoms with E-state index < -0.39 is 5.97 Å². The number of halogens is 2. The molecule has 0 saturated heterocycles. The van der Waals surface area contributed by atoms with Crippen molar-refractivity contribution < 1.29 is 9.90 Å². The van der Waals surface area contributed by atoms with Crippen molar-refractivity contribution >= 4 is 55.3 Å². The van der Waals surface area contributed by atoms with Gasteiger partial charge in [0.2, 0.25) is 0 Å². The summed E-state index contributed by atoms with van der Waals surface area (Å²) in [5.41, 5.74) is 0.825. The highest BCUT2D eigenvalue weighted by atomic mass is 79.9. The number of hydrogen-bond acceptors (Lipinski definition) is 2. The van der Waals surface area contributed by atoms with Crippen molar-refractivity contribution in [1.82, 2.24) is 4.57 Å². The largest absolute Gasteiger partial charge is 0.480 e. The van der Waals surface area contributed by atoms with Gasteiger partial charge in [-0.15, -0.1) is 0 Å². The summed E-state index contributed by atoms with van der Waals surface area (Å²) >= 11 is 9.60. The van der Waals surface area contributed by atoms with Gasteiger partial charge < -0.3 is 9.67 Å². The highest BCUT2D eigenvalue weighted by molar-refractivity contribution is 9.10. The standard InChI is InChI=1S/C15H9BrClNO3/c16-10-6-5-9-14(13(10)17)18(7-12(19)20)11-4-2-1-3-8(11)15(9)21/h1-6H,7H2,(H,19,20). The zero-order valence-corrected chi connectivity index (χ0v) is 13.0. The number of benzene rings is 2. The van der Waals surface area contributed by atoms with Crippen LogP contribution in [0.3, 0.4) is 0 Å². The number of carboxylic acid groups (broad SMARTS) is 1. The van der Waals surface area contributed by atoms with E-state index >= 15 is 0 Å². The van der Waals surface area contributed by atoms with Gasteiger partial charge in [0, 0.05) is 15.2 Å². The van der Waals surface area contributed by atoms with E-state index in [2.05, 4.69) is 15.9 Å². The van der Waals surface area contributed by atoms with Crippen molar-refractivity contribution in [2.75, 3.05) is 0 Å². The molecule has 1 N–H and O–H groups in total. The fourth-order valence-corrected chi connectivity index (χ4v) is 3.04. The average Bonchev–Trinajstić information content (AvgIpc) is 2.46. The van der Waals surface area contributed by atoms with Gasteiger partial charge in [0.05, 0.1) is 16.1 Å². The van der Waals surface area contributed by atoms with Gasteiger partial charge in [0.25, 0.3) is 0 Å². The van der Waals surface area contributed by atoms with Crippen molar-refractivity contribution in [2.45, 2.75) is 6.54 Å². The third kappa shape index (κ3) is 2.22. The zero-order valence-electron chi connectivity index (χ0n) is 10.6. The topological polar surface area (TPSA) is 59.3 Å². The minimum Gasteiger partial charge on any atom is -0.480 e. The third-order valence-electron chi connectivity index (χ3n) is 3.32. The number of rotatable bonds is 2. The van der Waals surface area contributed by atoms with E-state index in [-0.39, 0.29) is 12.0 Å². The molecule has 0 saturated carbocycles. The maximum absolute atomic E-state index is 12.6. The summed E-state index contributed by atoms with van der Waals surface area (Å²) in [6.07, 6.45) is 0. The van der Waals surface area contributed by atoms with E-state index in [1.807, 2.05) is 0 Å². The molecule has 1 aromatic heterocycles. The lowest BCUT2D eigenvalue weighted by atomic mass is 10.1. The van der Waals surface area contributed by atoms with Crippen LogP contribution >= 0.6 is 27.5 Å². The number of fused-ring (bicyclic) bond motifs is 2. The second-order valence-corrected chi connectivity index (χ2v) is 5.82. The minimum absolute atomic E-state index is 0.156. The summed E-state index contributed by atoms with van der Waals surface area (Å²) in [4.78, 5) is 23.7. The van der Waals surface area contributed by atoms with Gasteiger partial charge in [-0.2, -0.15) is 0 Å². The molecule has 0 radical (unpaired) electrons. The molecule has 4 nitrogen and oxygen atoms in total. The molecule has 0 atom stereocenters. The van der Waals surface area contributed by atoms with Crippen LogP contribution in [-0.4, -0.2) is 15.6 Å². The van der Waals surface area contributed by atoms with Crippen molar-refractivity contribution in [2.24, 2.45) is 0 Å². The first kappa shape index (κ1) is 14.1. The molecule has 21 heavy (non-hydrogen) atoms. The molecular weight excluding hydrogens is 358 g/mol. The monoisotopic (exact) mass is 365 g/mol. The number of hydrogen-bond donors (Lipinski definition) is 1. The number of para-hydroxylation sites is 1. The Morgan fingerprint density at radius 2 is 1.90 bits per heavy atom. The quantitative estimate of drug-likeness (QED) is 0.704. The lowest BCUT2D eigenvalue weighted by Crippen LogP contribution is -2.16. The average molecular weight is 367 g/mol. The Bertz CT molecular complexity index is 949. The summed E-state index contributed by atoms with van der Waals surface area (Å²) < 4.78 is 2.17. The van der Waals surface area contributed by atoms with Gasteiger partial charge in [-0.1, -0.05) is 23.7 Å². The highest BCUT2D eigenvalue weighted by Gasteiger charge is 2.16. The molecule has 0 fully saturated rings. The van der Waals surface area contributed by atoms with Crippen LogP contribution in [0.5, 0.6) is 0 Å². The molecule has 3 aromatic rings. The third-order valence-corrected chi connectivity index (χ3v) is 4.59. The number of carboxylic acids is 1. The van der Waals surface area contributed by atoms with Crippen molar-refractivity contribution in [3.63, 3.8) is 0 Å². The highest BCUT2D eigenvalue weighted by Crippen LogP contribution is 2.31. The van der Waals surface area contributed by atoms with E-state index in [0.29, 0.717) is 31.3 Å². The predicted molar refractivity (Wildman–Crippen MR) is 86.1 cm³/mol. The summed E-state index contributed by atoms with van der Waals surface area (Å²) in [7, 11) is 0. The van der Waals surface area contributed by atoms with E-state index in [9.17, 15) is 9.59 Å². The van der Waals surface area contributed by atoms with Crippen LogP contribution in [0.1, 0.15) is 0 Å². The van der Waals surface area contributed by atoms with Crippen LogP contribution in [0.4, 0.5) is 0 Å². The maximum Gasteiger partial charge on any atom is 0.323 e. The summed E-state index contributed by atoms with van der Waals surface area (Å²) in [6, 6.07) is 10.3. The van der Waals surface area contributed by atoms with Crippen LogP contribution in [0, 0.1) is 0 Å². The second kappa shape index (κ2) is 5.16. The van der Waals surface area contributed by atoms with Crippen LogP contribution in [0.2, 0.25) is 5.02 Å². The molecule has 0 aliphatic rings. The summed E-state index contributed by atoms with van der Waals surface area (Å²) in [5.74, 6) is -0.999. The van der Waals surface area contributed by atoms with Gasteiger partial charge in [-0.3, -0.25) is 9.59 Å². The number of nitrogens with zero attached hydrogens (tertiary/aromatic N) is 1. The van der Waals surface area contributed by atoms with Crippen LogP contribution in [0.15, 0.2) is 45.7 Å². The minimum atomic E-state index is -0.999. The van der Waals surface area contributed by atoms with E-state index in [4.69, 9.17) is 16.7 Å². The molecule has 1 heterocycles. The Morgan fingerprint density at radius 3 is 2.62 bits per heavy atom. The molecular formula is C15H9BrClNO3. The molecule has 0 aliphatic carbocycles. The number of aromatic nitrogens is 1. The van der Waals surface area contributed by atoms with Gasteiger partial charge in [0.1, 0.15) is 6.54 Å². The van der Waals surface area contributed by atoms with E-state index in [1.54, 1.807) is 41.0 Å². The number of aliphatic carboxylic acids is 1. The fourth-order valence-electron chi connectivity index (χ4n) is 2.45. The molecule has 3 rings (SSSR count). The summed E-state index contributed by atoms with van der Waals surface area (Å²) in [6.45, 7) is -0.270. The SMILES string of the molecule is O=C(O)Cn1c2ccccc2c(=O)c2ccc(Br)c(Cl)c21. The molecule has 0 unspecified atom stereocenters. The van der Waals surface area contributed by atoms with Gasteiger partial charge in [-0.25, -0.2) is 0 Å². The zero-order chi connectivity index (χ0) is 15.1. The molecule has 0 aliphatic heterocycles. The maximum atomic E-state index is 12.6. The molecule has 6 heteroatoms. The number of pyridine rings is 1. The van der Waals surface area contributed by atoms with Crippen molar-refractivity contribution in [3.8, 4) is 0 Å². The molecule has 106 valence electrons. The first-order chi connectivity index (χ1) is 10.0. The van der Waals surface area contributed by atoms with Crippen LogP contribution in [-0.2, 0) is 11.3 Å². The predicted octanol–water partition coefficient (Wildman–Crippen LogP) is 3.66. The molecule has 0 spiro atoms. The smallest absolute Gasteiger partial charge is 0.323 e. The van der Waals surface area contributed by atoms with Crippen molar-refractivity contribution in [3.05, 3.63) is 56.1 Å². The molecule has 2 aromatic carbocycles. The van der Waals surface area contributed by atoms with Gasteiger partial charge in [-0.05, 0) is 40.2 Å². The Kier molecular flexibility index (Phi) is 3.47. The molecule has 0 bridgehead atoms. The van der Waals surface area contributed by atoms with E-state index in [1.165, 1.54) is 0 Å². The molecule has 0 amide bonds. The normalized spacial score (nSPS) is 11.1. The Hall–Kier alpha value is -1.85. The van der Waals surface area contributed by atoms with Crippen LogP contribution < -0.4 is 5.43 Å². The lowest BCUT2D eigenvalue weighted by molar-refractivity contribution is -0.137. The Morgan fingerprint density at radius 1 is 1.19 bits per heavy atom. The Labute approximate surface area is 132 Å². The first-order valence-electron chi connectivity index (χ1n) is 6.11.